The van der Waals surface area contributed by atoms with Crippen LogP contribution in [0, 0.1) is 20.2 Å². The van der Waals surface area contributed by atoms with Crippen LogP contribution < -0.4 is 5.32 Å². The lowest BCUT2D eigenvalue weighted by molar-refractivity contribution is -0.572. The van der Waals surface area contributed by atoms with Crippen LogP contribution in [0.2, 0.25) is 0 Å². The van der Waals surface area contributed by atoms with Crippen LogP contribution in [0.3, 0.4) is 0 Å². The highest BCUT2D eigenvalue weighted by molar-refractivity contribution is 6.00. The van der Waals surface area contributed by atoms with Crippen molar-refractivity contribution in [1.82, 2.24) is 5.32 Å². The number of nitro groups is 2. The molecule has 2 atom stereocenters. The normalized spacial score (nSPS) is 17.0. The van der Waals surface area contributed by atoms with Crippen molar-refractivity contribution < 1.29 is 34.0 Å². The molecule has 0 radical (unpaired) electrons. The fraction of sp³-hybridized carbons (Fsp3) is 0.400. The van der Waals surface area contributed by atoms with Gasteiger partial charge < -0.3 is 19.9 Å². The van der Waals surface area contributed by atoms with Gasteiger partial charge in [-0.15, -0.1) is 0 Å². The molecule has 1 aromatic rings. The number of hydrogen-bond donors (Lipinski definition) is 2. The summed E-state index contributed by atoms with van der Waals surface area (Å²) in [6, 6.07) is 5.39. The van der Waals surface area contributed by atoms with Crippen molar-refractivity contribution in [2.75, 3.05) is 6.61 Å². The molecule has 1 aliphatic heterocycles. The number of esters is 2. The van der Waals surface area contributed by atoms with E-state index in [4.69, 9.17) is 9.47 Å². The van der Waals surface area contributed by atoms with Crippen molar-refractivity contribution in [2.24, 2.45) is 0 Å². The van der Waals surface area contributed by atoms with Gasteiger partial charge in [0.25, 0.3) is 5.69 Å². The largest absolute Gasteiger partial charge is 0.460 e. The fourth-order valence-electron chi connectivity index (χ4n) is 3.25. The van der Waals surface area contributed by atoms with E-state index < -0.39 is 46.6 Å². The first-order chi connectivity index (χ1) is 14.9. The van der Waals surface area contributed by atoms with E-state index in [1.165, 1.54) is 31.2 Å². The number of carbonyl (C=O) groups is 2. The number of hydrogen-bond acceptors (Lipinski definition) is 10. The average molecular weight is 449 g/mol. The molecule has 172 valence electrons. The number of dihydropyridines is 1. The van der Waals surface area contributed by atoms with E-state index in [2.05, 4.69) is 5.32 Å². The quantitative estimate of drug-likeness (QED) is 0.258. The summed E-state index contributed by atoms with van der Waals surface area (Å²) >= 11 is 0. The predicted molar refractivity (Wildman–Crippen MR) is 110 cm³/mol. The summed E-state index contributed by atoms with van der Waals surface area (Å²) in [6.45, 7) is 5.48. The Kier molecular flexibility index (Phi) is 7.65. The number of allylic oxidation sites excluding steroid dienone is 2. The average Bonchev–Trinajstić information content (AvgIpc) is 2.70. The number of aliphatic hydroxyl groups excluding tert-OH is 1. The second kappa shape index (κ2) is 10.0. The van der Waals surface area contributed by atoms with Crippen LogP contribution in [-0.2, 0) is 19.1 Å². The van der Waals surface area contributed by atoms with Gasteiger partial charge in [-0.25, -0.2) is 9.59 Å². The summed E-state index contributed by atoms with van der Waals surface area (Å²) in [4.78, 5) is 46.0. The Hall–Kier alpha value is -3.80. The van der Waals surface area contributed by atoms with Crippen LogP contribution in [0.1, 0.15) is 39.2 Å². The molecule has 2 unspecified atom stereocenters. The Morgan fingerprint density at radius 2 is 1.72 bits per heavy atom. The van der Waals surface area contributed by atoms with Crippen LogP contribution in [-0.4, -0.2) is 45.8 Å². The van der Waals surface area contributed by atoms with Gasteiger partial charge in [-0.1, -0.05) is 12.1 Å². The lowest BCUT2D eigenvalue weighted by Gasteiger charge is -2.30. The van der Waals surface area contributed by atoms with Crippen molar-refractivity contribution in [1.29, 1.82) is 0 Å². The summed E-state index contributed by atoms with van der Waals surface area (Å²) in [5.74, 6) is -2.89. The molecule has 0 aromatic heterocycles. The van der Waals surface area contributed by atoms with Crippen molar-refractivity contribution >= 4 is 17.6 Å². The Morgan fingerprint density at radius 1 is 1.12 bits per heavy atom. The summed E-state index contributed by atoms with van der Waals surface area (Å²) in [7, 11) is 0. The van der Waals surface area contributed by atoms with E-state index in [1.54, 1.807) is 20.8 Å². The molecule has 0 fully saturated rings. The van der Waals surface area contributed by atoms with E-state index in [0.717, 1.165) is 0 Å². The van der Waals surface area contributed by atoms with Crippen molar-refractivity contribution in [3.05, 3.63) is 72.6 Å². The summed E-state index contributed by atoms with van der Waals surface area (Å²) < 4.78 is 10.2. The van der Waals surface area contributed by atoms with Gasteiger partial charge in [-0.05, 0) is 33.3 Å². The maximum atomic E-state index is 12.9. The van der Waals surface area contributed by atoms with Gasteiger partial charge in [0.15, 0.2) is 6.61 Å². The number of benzene rings is 1. The van der Waals surface area contributed by atoms with Crippen molar-refractivity contribution in [3.8, 4) is 0 Å². The Labute approximate surface area is 182 Å². The van der Waals surface area contributed by atoms with E-state index in [9.17, 15) is 34.9 Å². The highest BCUT2D eigenvalue weighted by Crippen LogP contribution is 2.40. The molecule has 0 amide bonds. The fourth-order valence-corrected chi connectivity index (χ4v) is 3.25. The number of nitrogens with one attached hydrogen (secondary N) is 1. The zero-order valence-corrected chi connectivity index (χ0v) is 17.9. The highest BCUT2D eigenvalue weighted by Gasteiger charge is 2.39. The minimum Gasteiger partial charge on any atom is -0.460 e. The molecule has 0 aliphatic carbocycles. The lowest BCUT2D eigenvalue weighted by atomic mass is 9.80. The van der Waals surface area contributed by atoms with Gasteiger partial charge >= 0.3 is 18.2 Å². The van der Waals surface area contributed by atoms with Crippen molar-refractivity contribution in [2.45, 2.75) is 45.9 Å². The molecule has 1 aromatic carbocycles. The molecule has 12 heteroatoms. The van der Waals surface area contributed by atoms with E-state index in [-0.39, 0.29) is 28.1 Å². The zero-order valence-electron chi connectivity index (χ0n) is 17.9. The standard InChI is InChI=1S/C20H23N3O9/c1-10(2)32-20(26)17-12(4)21-11(3)16(19(25)31-9-15(24)23(29)30)18(17)13-6-5-7-14(8-13)22(27)28/h5-8,10,15,18,21,24H,9H2,1-4H3. The number of non-ortho nitro benzene ring substituents is 1. The molecule has 2 N–H and O–H groups in total. The second-order valence-corrected chi connectivity index (χ2v) is 7.31. The van der Waals surface area contributed by atoms with Crippen LogP contribution in [0.15, 0.2) is 46.8 Å². The van der Waals surface area contributed by atoms with Gasteiger partial charge in [0.1, 0.15) is 0 Å². The number of nitrogens with zero attached hydrogens (tertiary/aromatic N) is 2. The van der Waals surface area contributed by atoms with Crippen LogP contribution >= 0.6 is 0 Å². The molecule has 2 rings (SSSR count). The van der Waals surface area contributed by atoms with E-state index in [0.29, 0.717) is 5.70 Å². The SMILES string of the molecule is CC1=C(C(=O)OCC(O)[N+](=O)[O-])C(c2cccc([N+](=O)[O-])c2)C(C(=O)OC(C)C)=C(C)N1. The van der Waals surface area contributed by atoms with Crippen molar-refractivity contribution in [3.63, 3.8) is 0 Å². The third-order valence-corrected chi connectivity index (χ3v) is 4.56. The number of carbonyl (C=O) groups excluding carboxylic acids is 2. The summed E-state index contributed by atoms with van der Waals surface area (Å²) in [5, 5.41) is 34.1. The minimum atomic E-state index is -2.13. The minimum absolute atomic E-state index is 0.0339. The third kappa shape index (κ3) is 5.46. The lowest BCUT2D eigenvalue weighted by Crippen LogP contribution is -2.34. The summed E-state index contributed by atoms with van der Waals surface area (Å²) in [5.41, 5.74) is 0.572. The first kappa shape index (κ1) is 24.5. The Bertz CT molecular complexity index is 1010. The molecule has 0 saturated carbocycles. The molecule has 32 heavy (non-hydrogen) atoms. The molecule has 0 saturated heterocycles. The number of aliphatic hydroxyl groups is 1. The predicted octanol–water partition coefficient (Wildman–Crippen LogP) is 1.92. The molecule has 0 spiro atoms. The Morgan fingerprint density at radius 3 is 2.25 bits per heavy atom. The highest BCUT2D eigenvalue weighted by atomic mass is 16.7. The zero-order chi connectivity index (χ0) is 24.2. The maximum absolute atomic E-state index is 12.9. The topological polar surface area (TPSA) is 171 Å². The third-order valence-electron chi connectivity index (χ3n) is 4.56. The first-order valence-corrected chi connectivity index (χ1v) is 9.56. The molecule has 12 nitrogen and oxygen atoms in total. The van der Waals surface area contributed by atoms with Gasteiger partial charge in [0, 0.05) is 23.5 Å². The number of rotatable bonds is 8. The molecule has 0 bridgehead atoms. The van der Waals surface area contributed by atoms with Gasteiger partial charge in [-0.2, -0.15) is 0 Å². The van der Waals surface area contributed by atoms with Crippen LogP contribution in [0.5, 0.6) is 0 Å². The molecule has 1 aliphatic rings. The first-order valence-electron chi connectivity index (χ1n) is 9.56. The van der Waals surface area contributed by atoms with Crippen LogP contribution in [0.4, 0.5) is 5.69 Å². The van der Waals surface area contributed by atoms with E-state index in [1.807, 2.05) is 0 Å². The molecular formula is C20H23N3O9. The Balaban J connectivity index is 2.59. The van der Waals surface area contributed by atoms with Gasteiger partial charge in [-0.3, -0.25) is 20.2 Å². The van der Waals surface area contributed by atoms with Crippen LogP contribution in [0.25, 0.3) is 0 Å². The molecule has 1 heterocycles. The van der Waals surface area contributed by atoms with Gasteiger partial charge in [0.05, 0.1) is 33.0 Å². The van der Waals surface area contributed by atoms with E-state index >= 15 is 0 Å². The smallest absolute Gasteiger partial charge is 0.347 e. The monoisotopic (exact) mass is 449 g/mol. The maximum Gasteiger partial charge on any atom is 0.347 e. The number of ether oxygens (including phenoxy) is 2. The number of nitro benzene ring substituents is 1. The second-order valence-electron chi connectivity index (χ2n) is 7.31. The summed E-state index contributed by atoms with van der Waals surface area (Å²) in [6.07, 6.45) is -2.61. The van der Waals surface area contributed by atoms with Gasteiger partial charge in [0.2, 0.25) is 0 Å². The molecular weight excluding hydrogens is 426 g/mol.